The van der Waals surface area contributed by atoms with Crippen LogP contribution in [0, 0.1) is 6.92 Å². The lowest BCUT2D eigenvalue weighted by molar-refractivity contribution is -0.144. The Hall–Kier alpha value is -2.95. The Kier molecular flexibility index (Phi) is 5.46. The minimum atomic E-state index is -4.61. The molecule has 0 aliphatic carbocycles. The molecule has 0 aromatic carbocycles. The first-order chi connectivity index (χ1) is 14.3. The first-order valence-electron chi connectivity index (χ1n) is 9.76. The second kappa shape index (κ2) is 8.05. The smallest absolute Gasteiger partial charge is 0.366 e. The SMILES string of the molecule is Cc1cc(NC(C)CN2CCN(c3ccccn3)CC2)n2nc(C(F)(F)F)nc2n1. The zero-order valence-electron chi connectivity index (χ0n) is 16.8. The standard InChI is InChI=1S/C19H23F3N8/c1-13-11-16(30-18(25-13)26-17(27-30)19(20,21)22)24-14(2)12-28-7-9-29(10-8-28)15-5-3-4-6-23-15/h3-6,11,14,24H,7-10,12H2,1-2H3. The fourth-order valence-electron chi connectivity index (χ4n) is 3.60. The van der Waals surface area contributed by atoms with E-state index in [1.807, 2.05) is 25.1 Å². The molecule has 8 nitrogen and oxygen atoms in total. The fraction of sp³-hybridized carbons (Fsp3) is 0.474. The molecule has 3 aromatic rings. The first-order valence-corrected chi connectivity index (χ1v) is 9.76. The number of nitrogens with one attached hydrogen (secondary N) is 1. The topological polar surface area (TPSA) is 74.5 Å². The molecule has 30 heavy (non-hydrogen) atoms. The molecule has 0 radical (unpaired) electrons. The minimum absolute atomic E-state index is 0.00469. The van der Waals surface area contributed by atoms with Crippen LogP contribution in [0.4, 0.5) is 24.8 Å². The lowest BCUT2D eigenvalue weighted by atomic mass is 10.2. The summed E-state index contributed by atoms with van der Waals surface area (Å²) < 4.78 is 40.1. The monoisotopic (exact) mass is 420 g/mol. The van der Waals surface area contributed by atoms with Gasteiger partial charge in [-0.25, -0.2) is 9.97 Å². The van der Waals surface area contributed by atoms with Gasteiger partial charge in [0, 0.05) is 56.7 Å². The van der Waals surface area contributed by atoms with Crippen molar-refractivity contribution < 1.29 is 13.2 Å². The molecule has 1 atom stereocenters. The van der Waals surface area contributed by atoms with Crippen LogP contribution in [0.15, 0.2) is 30.5 Å². The van der Waals surface area contributed by atoms with Crippen molar-refractivity contribution in [3.63, 3.8) is 0 Å². The van der Waals surface area contributed by atoms with Crippen LogP contribution < -0.4 is 10.2 Å². The predicted octanol–water partition coefficient (Wildman–Crippen LogP) is 2.47. The van der Waals surface area contributed by atoms with E-state index in [0.29, 0.717) is 11.5 Å². The summed E-state index contributed by atoms with van der Waals surface area (Å²) in [5.74, 6) is 0.160. The maximum Gasteiger partial charge on any atom is 0.453 e. The normalized spacial score (nSPS) is 16.8. The summed E-state index contributed by atoms with van der Waals surface area (Å²) in [5.41, 5.74) is 0.572. The minimum Gasteiger partial charge on any atom is -0.366 e. The molecule has 1 aliphatic heterocycles. The van der Waals surface area contributed by atoms with Gasteiger partial charge in [0.05, 0.1) is 0 Å². The molecule has 3 aromatic heterocycles. The quantitative estimate of drug-likeness (QED) is 0.680. The van der Waals surface area contributed by atoms with E-state index in [2.05, 4.69) is 35.2 Å². The van der Waals surface area contributed by atoms with E-state index >= 15 is 0 Å². The second-order valence-corrected chi connectivity index (χ2v) is 7.45. The number of hydrogen-bond donors (Lipinski definition) is 1. The Morgan fingerprint density at radius 1 is 1.13 bits per heavy atom. The lowest BCUT2D eigenvalue weighted by Gasteiger charge is -2.36. The van der Waals surface area contributed by atoms with Crippen LogP contribution in [0.1, 0.15) is 18.4 Å². The van der Waals surface area contributed by atoms with Gasteiger partial charge in [-0.15, -0.1) is 5.10 Å². The van der Waals surface area contributed by atoms with Crippen molar-refractivity contribution in [3.05, 3.63) is 42.0 Å². The van der Waals surface area contributed by atoms with Gasteiger partial charge in [0.1, 0.15) is 11.6 Å². The Morgan fingerprint density at radius 3 is 2.57 bits per heavy atom. The Bertz CT molecular complexity index is 996. The molecule has 1 aliphatic rings. The van der Waals surface area contributed by atoms with E-state index in [-0.39, 0.29) is 11.8 Å². The third-order valence-electron chi connectivity index (χ3n) is 4.97. The van der Waals surface area contributed by atoms with Gasteiger partial charge < -0.3 is 10.2 Å². The number of hydrogen-bond acceptors (Lipinski definition) is 7. The third kappa shape index (κ3) is 4.45. The summed E-state index contributed by atoms with van der Waals surface area (Å²) in [5, 5.41) is 6.86. The number of piperazine rings is 1. The van der Waals surface area contributed by atoms with E-state index in [0.717, 1.165) is 43.1 Å². The van der Waals surface area contributed by atoms with Crippen LogP contribution in [0.5, 0.6) is 0 Å². The molecule has 160 valence electrons. The predicted molar refractivity (Wildman–Crippen MR) is 106 cm³/mol. The number of pyridine rings is 1. The number of alkyl halides is 3. The van der Waals surface area contributed by atoms with Crippen molar-refractivity contribution in [2.24, 2.45) is 0 Å². The van der Waals surface area contributed by atoms with Gasteiger partial charge in [-0.3, -0.25) is 4.90 Å². The molecule has 4 rings (SSSR count). The average Bonchev–Trinajstić information content (AvgIpc) is 3.14. The number of fused-ring (bicyclic) bond motifs is 1. The van der Waals surface area contributed by atoms with Crippen molar-refractivity contribution in [1.29, 1.82) is 0 Å². The molecular weight excluding hydrogens is 397 g/mol. The maximum atomic E-state index is 13.0. The summed E-state index contributed by atoms with van der Waals surface area (Å²) >= 11 is 0. The summed E-state index contributed by atoms with van der Waals surface area (Å²) in [6.07, 6.45) is -2.82. The van der Waals surface area contributed by atoms with Gasteiger partial charge in [0.15, 0.2) is 0 Å². The van der Waals surface area contributed by atoms with Crippen LogP contribution in [0.25, 0.3) is 5.78 Å². The van der Waals surface area contributed by atoms with Crippen molar-refractivity contribution in [1.82, 2.24) is 29.5 Å². The molecule has 4 heterocycles. The van der Waals surface area contributed by atoms with Crippen LogP contribution in [-0.2, 0) is 6.18 Å². The Balaban J connectivity index is 1.40. The summed E-state index contributed by atoms with van der Waals surface area (Å²) in [7, 11) is 0. The van der Waals surface area contributed by atoms with E-state index < -0.39 is 12.0 Å². The number of aromatic nitrogens is 5. The van der Waals surface area contributed by atoms with Crippen molar-refractivity contribution in [3.8, 4) is 0 Å². The van der Waals surface area contributed by atoms with Crippen molar-refractivity contribution >= 4 is 17.4 Å². The molecule has 1 N–H and O–H groups in total. The van der Waals surface area contributed by atoms with Gasteiger partial charge in [-0.1, -0.05) is 6.07 Å². The van der Waals surface area contributed by atoms with Crippen LogP contribution >= 0.6 is 0 Å². The summed E-state index contributed by atoms with van der Waals surface area (Å²) in [4.78, 5) is 16.5. The number of anilines is 2. The highest BCUT2D eigenvalue weighted by Crippen LogP contribution is 2.27. The zero-order valence-corrected chi connectivity index (χ0v) is 16.8. The van der Waals surface area contributed by atoms with Crippen molar-refractivity contribution in [2.75, 3.05) is 42.9 Å². The lowest BCUT2D eigenvalue weighted by Crippen LogP contribution is -2.49. The molecular formula is C19H23F3N8. The highest BCUT2D eigenvalue weighted by atomic mass is 19.4. The fourth-order valence-corrected chi connectivity index (χ4v) is 3.60. The Morgan fingerprint density at radius 2 is 1.90 bits per heavy atom. The van der Waals surface area contributed by atoms with Gasteiger partial charge in [0.25, 0.3) is 11.6 Å². The number of aryl methyl sites for hydroxylation is 1. The van der Waals surface area contributed by atoms with Gasteiger partial charge in [-0.2, -0.15) is 22.7 Å². The maximum absolute atomic E-state index is 13.0. The summed E-state index contributed by atoms with van der Waals surface area (Å²) in [6.45, 7) is 7.98. The molecule has 0 spiro atoms. The average molecular weight is 420 g/mol. The third-order valence-corrected chi connectivity index (χ3v) is 4.97. The molecule has 1 fully saturated rings. The van der Waals surface area contributed by atoms with Gasteiger partial charge in [0.2, 0.25) is 0 Å². The molecule has 0 saturated carbocycles. The van der Waals surface area contributed by atoms with E-state index in [9.17, 15) is 13.2 Å². The zero-order chi connectivity index (χ0) is 21.3. The molecule has 1 unspecified atom stereocenters. The van der Waals surface area contributed by atoms with Crippen molar-refractivity contribution in [2.45, 2.75) is 26.1 Å². The van der Waals surface area contributed by atoms with E-state index in [1.165, 1.54) is 0 Å². The number of nitrogens with zero attached hydrogens (tertiary/aromatic N) is 7. The van der Waals surface area contributed by atoms with E-state index in [1.54, 1.807) is 19.2 Å². The van der Waals surface area contributed by atoms with Gasteiger partial charge in [-0.05, 0) is 26.0 Å². The largest absolute Gasteiger partial charge is 0.453 e. The first kappa shape index (κ1) is 20.3. The van der Waals surface area contributed by atoms with Crippen LogP contribution in [0.3, 0.4) is 0 Å². The highest BCUT2D eigenvalue weighted by Gasteiger charge is 2.37. The number of rotatable bonds is 5. The molecule has 0 amide bonds. The molecule has 11 heteroatoms. The second-order valence-electron chi connectivity index (χ2n) is 7.45. The van der Waals surface area contributed by atoms with E-state index in [4.69, 9.17) is 0 Å². The van der Waals surface area contributed by atoms with Crippen LogP contribution in [0.2, 0.25) is 0 Å². The van der Waals surface area contributed by atoms with Crippen LogP contribution in [-0.4, -0.2) is 68.2 Å². The Labute approximate surface area is 171 Å². The van der Waals surface area contributed by atoms with Gasteiger partial charge >= 0.3 is 6.18 Å². The highest BCUT2D eigenvalue weighted by molar-refractivity contribution is 5.46. The summed E-state index contributed by atoms with van der Waals surface area (Å²) in [6, 6.07) is 7.56. The molecule has 0 bridgehead atoms. The molecule has 1 saturated heterocycles. The number of halogens is 3.